The van der Waals surface area contributed by atoms with E-state index in [4.69, 9.17) is 15.2 Å². The summed E-state index contributed by atoms with van der Waals surface area (Å²) in [5.41, 5.74) is 7.90. The van der Waals surface area contributed by atoms with Crippen molar-refractivity contribution >= 4 is 43.8 Å². The van der Waals surface area contributed by atoms with Gasteiger partial charge in [0.15, 0.2) is 0 Å². The topological polar surface area (TPSA) is 171 Å². The zero-order chi connectivity index (χ0) is 37.9. The lowest BCUT2D eigenvalue weighted by molar-refractivity contribution is -0.157. The van der Waals surface area contributed by atoms with E-state index in [-0.39, 0.29) is 48.0 Å². The van der Waals surface area contributed by atoms with E-state index in [0.717, 1.165) is 33.3 Å². The summed E-state index contributed by atoms with van der Waals surface area (Å²) in [6.07, 6.45) is 3.35. The number of esters is 1. The third kappa shape index (κ3) is 10.0. The number of benzene rings is 2. The van der Waals surface area contributed by atoms with E-state index in [9.17, 15) is 22.8 Å². The molecule has 2 heterocycles. The van der Waals surface area contributed by atoms with Gasteiger partial charge in [0.2, 0.25) is 5.96 Å². The molecule has 51 heavy (non-hydrogen) atoms. The van der Waals surface area contributed by atoms with Crippen LogP contribution in [0.1, 0.15) is 92.1 Å². The number of carbonyl (C=O) groups is 2. The molecule has 12 nitrogen and oxygen atoms in total. The number of nitrogens with two attached hydrogens (primary N) is 1. The van der Waals surface area contributed by atoms with Crippen molar-refractivity contribution in [3.63, 3.8) is 0 Å². The van der Waals surface area contributed by atoms with Crippen molar-refractivity contribution in [1.82, 2.24) is 14.6 Å². The molecule has 1 aromatic heterocycles. The zero-order valence-corrected chi connectivity index (χ0v) is 32.9. The number of aliphatic imine (C=N–C) groups is 1. The molecule has 1 aliphatic heterocycles. The number of ether oxygens (including phenoxy) is 2. The van der Waals surface area contributed by atoms with Crippen LogP contribution in [0, 0.1) is 20.8 Å². The Morgan fingerprint density at radius 2 is 1.76 bits per heavy atom. The van der Waals surface area contributed by atoms with Gasteiger partial charge in [0.05, 0.1) is 11.4 Å². The molecule has 2 aromatic carbocycles. The van der Waals surface area contributed by atoms with Gasteiger partial charge in [-0.2, -0.15) is 0 Å². The molecule has 0 saturated carbocycles. The maximum absolute atomic E-state index is 13.6. The van der Waals surface area contributed by atoms with E-state index in [1.807, 2.05) is 45.0 Å². The van der Waals surface area contributed by atoms with Gasteiger partial charge in [0, 0.05) is 17.2 Å². The van der Waals surface area contributed by atoms with Gasteiger partial charge in [0.25, 0.3) is 21.5 Å². The molecular formula is C37H48BrN5O7S. The van der Waals surface area contributed by atoms with Crippen LogP contribution in [0.3, 0.4) is 0 Å². The number of nitrogens with zero attached hydrogens (tertiary/aromatic N) is 2. The van der Waals surface area contributed by atoms with Crippen molar-refractivity contribution in [2.75, 3.05) is 6.54 Å². The number of carbonyl (C=O) groups excluding carboxylic acids is 2. The number of rotatable bonds is 11. The molecule has 3 aromatic rings. The van der Waals surface area contributed by atoms with Crippen molar-refractivity contribution in [3.05, 3.63) is 90.8 Å². The maximum atomic E-state index is 13.6. The molecule has 0 fully saturated rings. The zero-order valence-electron chi connectivity index (χ0n) is 30.5. The fraction of sp³-hybridized carbons (Fsp3) is 0.459. The second-order valence-electron chi connectivity index (χ2n) is 14.4. The van der Waals surface area contributed by atoms with Gasteiger partial charge in [-0.05, 0) is 133 Å². The number of pyridine rings is 1. The molecule has 4 N–H and O–H groups in total. The first-order valence-electron chi connectivity index (χ1n) is 16.8. The van der Waals surface area contributed by atoms with E-state index < -0.39 is 39.1 Å². The lowest BCUT2D eigenvalue weighted by Crippen LogP contribution is -2.46. The third-order valence-electron chi connectivity index (χ3n) is 8.63. The molecule has 0 unspecified atom stereocenters. The monoisotopic (exact) mass is 785 g/mol. The van der Waals surface area contributed by atoms with E-state index in [2.05, 4.69) is 31.0 Å². The number of fused-ring (bicyclic) bond motifs is 1. The Morgan fingerprint density at radius 1 is 1.10 bits per heavy atom. The van der Waals surface area contributed by atoms with Crippen LogP contribution in [0.15, 0.2) is 61.8 Å². The second kappa shape index (κ2) is 15.6. The number of sulfonamides is 1. The molecule has 276 valence electrons. The second-order valence-corrected chi connectivity index (χ2v) is 17.0. The van der Waals surface area contributed by atoms with Crippen molar-refractivity contribution < 1.29 is 27.5 Å². The number of guanidine groups is 1. The summed E-state index contributed by atoms with van der Waals surface area (Å²) < 4.78 is 43.7. The minimum Gasteiger partial charge on any atom is -0.487 e. The standard InChI is InChI=1S/C37H48BrN5O7S/c1-22-23(2)31(24(3)27-17-18-37(7,8)49-30(22)27)51(47,48)42-35(39)40-19-9-12-29(34(46)50-36(4,5)6)41-32(44)28-11-10-20-43(33(28)45)21-25-13-15-26(38)16-14-25/h10-11,13-16,20,29H,9,12,17-19,21H2,1-8H3,(H,41,44)(H3,39,40,42)/t29-/m0/s1. The number of hydrogen-bond acceptors (Lipinski definition) is 8. The number of halogens is 1. The Morgan fingerprint density at radius 3 is 2.41 bits per heavy atom. The molecule has 14 heteroatoms. The van der Waals surface area contributed by atoms with Crippen LogP contribution >= 0.6 is 15.9 Å². The van der Waals surface area contributed by atoms with Crippen LogP contribution in [0.25, 0.3) is 0 Å². The van der Waals surface area contributed by atoms with Crippen molar-refractivity contribution in [2.45, 2.75) is 110 Å². The molecule has 0 radical (unpaired) electrons. The van der Waals surface area contributed by atoms with Crippen molar-refractivity contribution in [1.29, 1.82) is 0 Å². The minimum atomic E-state index is -4.10. The largest absolute Gasteiger partial charge is 0.487 e. The van der Waals surface area contributed by atoms with Crippen LogP contribution in [-0.2, 0) is 32.5 Å². The Hall–Kier alpha value is -4.17. The van der Waals surface area contributed by atoms with Crippen LogP contribution in [0.4, 0.5) is 0 Å². The van der Waals surface area contributed by atoms with Crippen molar-refractivity contribution in [3.8, 4) is 5.75 Å². The van der Waals surface area contributed by atoms with Crippen LogP contribution in [0.2, 0.25) is 0 Å². The first kappa shape index (κ1) is 39.6. The van der Waals surface area contributed by atoms with Gasteiger partial charge >= 0.3 is 5.97 Å². The number of nitrogens with one attached hydrogen (secondary N) is 2. The van der Waals surface area contributed by atoms with E-state index in [1.54, 1.807) is 46.9 Å². The summed E-state index contributed by atoms with van der Waals surface area (Å²) in [4.78, 5) is 44.1. The molecule has 4 rings (SSSR count). The summed E-state index contributed by atoms with van der Waals surface area (Å²) in [5.74, 6) is -0.986. The minimum absolute atomic E-state index is 0.0406. The molecule has 0 aliphatic carbocycles. The average molecular weight is 787 g/mol. The Kier molecular flexibility index (Phi) is 12.1. The van der Waals surface area contributed by atoms with Gasteiger partial charge in [-0.15, -0.1) is 0 Å². The smallest absolute Gasteiger partial charge is 0.329 e. The molecule has 0 spiro atoms. The molecule has 0 saturated heterocycles. The Balaban J connectivity index is 1.46. The Labute approximate surface area is 308 Å². The maximum Gasteiger partial charge on any atom is 0.329 e. The van der Waals surface area contributed by atoms with Crippen LogP contribution in [-0.4, -0.2) is 54.6 Å². The van der Waals surface area contributed by atoms with Gasteiger partial charge in [0.1, 0.15) is 28.6 Å². The average Bonchev–Trinajstić information content (AvgIpc) is 3.01. The predicted octanol–water partition coefficient (Wildman–Crippen LogP) is 5.20. The summed E-state index contributed by atoms with van der Waals surface area (Å²) in [6, 6.07) is 9.36. The van der Waals surface area contributed by atoms with Crippen LogP contribution < -0.4 is 26.1 Å². The highest BCUT2D eigenvalue weighted by Crippen LogP contribution is 2.42. The summed E-state index contributed by atoms with van der Waals surface area (Å²) in [6.45, 7) is 14.8. The quantitative estimate of drug-likeness (QED) is 0.103. The highest BCUT2D eigenvalue weighted by molar-refractivity contribution is 9.10. The molecule has 1 atom stereocenters. The molecule has 1 aliphatic rings. The lowest BCUT2D eigenvalue weighted by atomic mass is 9.88. The fourth-order valence-corrected chi connectivity index (χ4v) is 7.73. The summed E-state index contributed by atoms with van der Waals surface area (Å²) >= 11 is 3.39. The van der Waals surface area contributed by atoms with Gasteiger partial charge in [-0.1, -0.05) is 28.1 Å². The highest BCUT2D eigenvalue weighted by atomic mass is 79.9. The molecule has 0 bridgehead atoms. The predicted molar refractivity (Wildman–Crippen MR) is 201 cm³/mol. The number of hydrogen-bond donors (Lipinski definition) is 3. The van der Waals surface area contributed by atoms with Gasteiger partial charge in [-0.25, -0.2) is 17.9 Å². The summed E-state index contributed by atoms with van der Waals surface area (Å²) in [7, 11) is -4.10. The van der Waals surface area contributed by atoms with E-state index in [0.29, 0.717) is 17.5 Å². The molecular weight excluding hydrogens is 738 g/mol. The van der Waals surface area contributed by atoms with Crippen molar-refractivity contribution in [2.24, 2.45) is 10.7 Å². The first-order valence-corrected chi connectivity index (χ1v) is 19.1. The Bertz CT molecular complexity index is 2000. The third-order valence-corrected chi connectivity index (χ3v) is 10.8. The van der Waals surface area contributed by atoms with Gasteiger partial charge in [-0.3, -0.25) is 14.6 Å². The first-order chi connectivity index (χ1) is 23.7. The number of amides is 1. The molecule has 1 amide bonds. The fourth-order valence-electron chi connectivity index (χ4n) is 5.95. The summed E-state index contributed by atoms with van der Waals surface area (Å²) in [5, 5.41) is 2.66. The highest BCUT2D eigenvalue weighted by Gasteiger charge is 2.34. The van der Waals surface area contributed by atoms with E-state index in [1.165, 1.54) is 10.6 Å². The SMILES string of the molecule is Cc1c(C)c(S(=O)(=O)NC(N)=NCCC[C@H](NC(=O)c2cccn(Cc3ccc(Br)cc3)c2=O)C(=O)OC(C)(C)C)c(C)c2c1OC(C)(C)CC2. The lowest BCUT2D eigenvalue weighted by Gasteiger charge is -2.35. The van der Waals surface area contributed by atoms with Gasteiger partial charge < -0.3 is 25.1 Å². The normalized spacial score (nSPS) is 15.0. The van der Waals surface area contributed by atoms with Crippen LogP contribution in [0.5, 0.6) is 5.75 Å². The van der Waals surface area contributed by atoms with E-state index >= 15 is 0 Å². The number of aromatic nitrogens is 1.